The molecular formula is C44H76NO9P. The second-order valence-electron chi connectivity index (χ2n) is 13.7. The van der Waals surface area contributed by atoms with Gasteiger partial charge < -0.3 is 25.2 Å². The second kappa shape index (κ2) is 39.6. The number of phosphoric ester groups is 1. The van der Waals surface area contributed by atoms with E-state index in [1.54, 1.807) is 0 Å². The first-order valence-corrected chi connectivity index (χ1v) is 22.5. The third-order valence-electron chi connectivity index (χ3n) is 8.47. The zero-order valence-electron chi connectivity index (χ0n) is 34.2. The fourth-order valence-corrected chi connectivity index (χ4v) is 5.98. The number of carbonyl (C=O) groups excluding carboxylic acids is 1. The molecule has 0 rings (SSSR count). The zero-order valence-corrected chi connectivity index (χ0v) is 35.1. The molecule has 0 saturated carbocycles. The van der Waals surface area contributed by atoms with Gasteiger partial charge in [-0.2, -0.15) is 0 Å². The van der Waals surface area contributed by atoms with Gasteiger partial charge in [0.25, 0.3) is 0 Å². The van der Waals surface area contributed by atoms with E-state index in [-0.39, 0.29) is 13.0 Å². The van der Waals surface area contributed by atoms with Gasteiger partial charge in [0.15, 0.2) is 0 Å². The number of hydrogen-bond donors (Lipinski definition) is 3. The van der Waals surface area contributed by atoms with E-state index in [9.17, 15) is 19.0 Å². The van der Waals surface area contributed by atoms with E-state index in [0.717, 1.165) is 103 Å². The van der Waals surface area contributed by atoms with Crippen LogP contribution in [0.5, 0.6) is 0 Å². The molecule has 0 aromatic heterocycles. The Labute approximate surface area is 334 Å². The number of unbranched alkanes of at least 4 members (excludes halogenated alkanes) is 13. The molecule has 0 aliphatic heterocycles. The van der Waals surface area contributed by atoms with E-state index >= 15 is 0 Å². The highest BCUT2D eigenvalue weighted by Gasteiger charge is 2.27. The summed E-state index contributed by atoms with van der Waals surface area (Å²) < 4.78 is 33.2. The number of rotatable bonds is 39. The van der Waals surface area contributed by atoms with Crippen molar-refractivity contribution in [2.24, 2.45) is 5.73 Å². The fourth-order valence-electron chi connectivity index (χ4n) is 5.20. The normalized spacial score (nSPS) is 14.7. The summed E-state index contributed by atoms with van der Waals surface area (Å²) in [7, 11) is -4.62. The second-order valence-corrected chi connectivity index (χ2v) is 15.2. The summed E-state index contributed by atoms with van der Waals surface area (Å²) in [6, 6.07) is -1.48. The van der Waals surface area contributed by atoms with Crippen molar-refractivity contribution in [3.8, 4) is 0 Å². The van der Waals surface area contributed by atoms with Crippen molar-refractivity contribution in [1.29, 1.82) is 0 Å². The number of carbonyl (C=O) groups is 2. The molecule has 316 valence electrons. The summed E-state index contributed by atoms with van der Waals surface area (Å²) in [4.78, 5) is 33.4. The van der Waals surface area contributed by atoms with E-state index < -0.39 is 45.1 Å². The van der Waals surface area contributed by atoms with Gasteiger partial charge in [0.1, 0.15) is 12.1 Å². The SMILES string of the molecule is CC/C=C\C/C=C\C/C=C\C/C=C\C/C=C\CCCCCCCCOCC(COP(=O)(O)OCC(N)C(=O)O)OC(=O)CCCCCCC/C=C\CCCC. The number of phosphoric acid groups is 1. The number of esters is 1. The maximum Gasteiger partial charge on any atom is 0.472 e. The van der Waals surface area contributed by atoms with Crippen LogP contribution in [0.1, 0.15) is 155 Å². The van der Waals surface area contributed by atoms with Gasteiger partial charge in [0.05, 0.1) is 19.8 Å². The number of carboxylic acids is 1. The van der Waals surface area contributed by atoms with E-state index in [1.165, 1.54) is 25.7 Å². The number of carboxylic acid groups (broad SMARTS) is 1. The quantitative estimate of drug-likeness (QED) is 0.0237. The Kier molecular flexibility index (Phi) is 37.8. The van der Waals surface area contributed by atoms with Crippen LogP contribution in [-0.2, 0) is 32.7 Å². The van der Waals surface area contributed by atoms with Gasteiger partial charge in [0, 0.05) is 13.0 Å². The van der Waals surface area contributed by atoms with Crippen LogP contribution in [0.2, 0.25) is 0 Å². The van der Waals surface area contributed by atoms with Gasteiger partial charge >= 0.3 is 19.8 Å². The van der Waals surface area contributed by atoms with Gasteiger partial charge in [-0.1, -0.05) is 145 Å². The number of hydrogen-bond acceptors (Lipinski definition) is 8. The summed E-state index contributed by atoms with van der Waals surface area (Å²) in [5.41, 5.74) is 5.34. The molecule has 0 radical (unpaired) electrons. The van der Waals surface area contributed by atoms with Crippen molar-refractivity contribution in [2.75, 3.05) is 26.4 Å². The van der Waals surface area contributed by atoms with Crippen molar-refractivity contribution in [1.82, 2.24) is 0 Å². The molecule has 3 unspecified atom stereocenters. The molecule has 3 atom stereocenters. The van der Waals surface area contributed by atoms with Crippen molar-refractivity contribution in [2.45, 2.75) is 167 Å². The van der Waals surface area contributed by atoms with Crippen molar-refractivity contribution in [3.63, 3.8) is 0 Å². The number of aliphatic carboxylic acids is 1. The van der Waals surface area contributed by atoms with Crippen LogP contribution in [0.3, 0.4) is 0 Å². The average Bonchev–Trinajstić information content (AvgIpc) is 3.16. The van der Waals surface area contributed by atoms with E-state index in [0.29, 0.717) is 13.0 Å². The number of ether oxygens (including phenoxy) is 2. The Morgan fingerprint density at radius 2 is 1.05 bits per heavy atom. The molecule has 0 saturated heterocycles. The molecule has 0 aliphatic carbocycles. The number of nitrogens with two attached hydrogens (primary N) is 1. The predicted octanol–water partition coefficient (Wildman–Crippen LogP) is 11.4. The molecule has 10 nitrogen and oxygen atoms in total. The summed E-state index contributed by atoms with van der Waals surface area (Å²) in [5.74, 6) is -1.80. The molecule has 0 fully saturated rings. The van der Waals surface area contributed by atoms with Gasteiger partial charge in [-0.3, -0.25) is 18.6 Å². The first kappa shape index (κ1) is 52.4. The Balaban J connectivity index is 4.25. The topological polar surface area (TPSA) is 155 Å². The summed E-state index contributed by atoms with van der Waals surface area (Å²) in [5, 5.41) is 8.88. The minimum Gasteiger partial charge on any atom is -0.480 e. The lowest BCUT2D eigenvalue weighted by Crippen LogP contribution is -2.34. The minimum atomic E-state index is -4.62. The van der Waals surface area contributed by atoms with E-state index in [4.69, 9.17) is 29.4 Å². The van der Waals surface area contributed by atoms with Gasteiger partial charge in [-0.15, -0.1) is 0 Å². The van der Waals surface area contributed by atoms with Crippen molar-refractivity contribution in [3.05, 3.63) is 72.9 Å². The molecule has 0 aliphatic rings. The highest BCUT2D eigenvalue weighted by atomic mass is 31.2. The molecule has 0 amide bonds. The lowest BCUT2D eigenvalue weighted by Gasteiger charge is -2.20. The van der Waals surface area contributed by atoms with Gasteiger partial charge in [-0.05, 0) is 77.0 Å². The van der Waals surface area contributed by atoms with Gasteiger partial charge in [0.2, 0.25) is 0 Å². The predicted molar refractivity (Wildman–Crippen MR) is 226 cm³/mol. The Morgan fingerprint density at radius 1 is 0.600 bits per heavy atom. The Hall–Kier alpha value is -2.59. The van der Waals surface area contributed by atoms with Crippen molar-refractivity contribution >= 4 is 19.8 Å². The van der Waals surface area contributed by atoms with E-state index in [2.05, 4.69) is 86.8 Å². The molecule has 55 heavy (non-hydrogen) atoms. The Morgan fingerprint density at radius 3 is 1.60 bits per heavy atom. The Bertz CT molecular complexity index is 1150. The number of allylic oxidation sites excluding steroid dienone is 12. The summed E-state index contributed by atoms with van der Waals surface area (Å²) >= 11 is 0. The first-order chi connectivity index (χ1) is 26.7. The molecule has 0 aromatic carbocycles. The highest BCUT2D eigenvalue weighted by Crippen LogP contribution is 2.43. The molecule has 0 spiro atoms. The monoisotopic (exact) mass is 794 g/mol. The lowest BCUT2D eigenvalue weighted by atomic mass is 10.1. The summed E-state index contributed by atoms with van der Waals surface area (Å²) in [6.07, 6.45) is 48.2. The molecule has 11 heteroatoms. The molecule has 0 aromatic rings. The summed E-state index contributed by atoms with van der Waals surface area (Å²) in [6.45, 7) is 3.66. The minimum absolute atomic E-state index is 0.000594. The molecule has 0 heterocycles. The van der Waals surface area contributed by atoms with Crippen LogP contribution >= 0.6 is 7.82 Å². The van der Waals surface area contributed by atoms with Crippen molar-refractivity contribution < 1.29 is 42.7 Å². The van der Waals surface area contributed by atoms with Crippen LogP contribution in [0.15, 0.2) is 72.9 Å². The van der Waals surface area contributed by atoms with Crippen LogP contribution in [-0.4, -0.2) is 60.5 Å². The highest BCUT2D eigenvalue weighted by molar-refractivity contribution is 7.47. The maximum atomic E-state index is 12.6. The molecular weight excluding hydrogens is 717 g/mol. The lowest BCUT2D eigenvalue weighted by molar-refractivity contribution is -0.154. The zero-order chi connectivity index (χ0) is 40.5. The van der Waals surface area contributed by atoms with Gasteiger partial charge in [-0.25, -0.2) is 4.57 Å². The van der Waals surface area contributed by atoms with Crippen LogP contribution in [0.25, 0.3) is 0 Å². The largest absolute Gasteiger partial charge is 0.480 e. The van der Waals surface area contributed by atoms with Crippen LogP contribution in [0.4, 0.5) is 0 Å². The average molecular weight is 794 g/mol. The van der Waals surface area contributed by atoms with Crippen LogP contribution < -0.4 is 5.73 Å². The van der Waals surface area contributed by atoms with E-state index in [1.807, 2.05) is 0 Å². The standard InChI is InChI=1S/C44H76NO9P/c1-3-5-7-9-11-13-15-16-17-18-19-20-21-22-23-24-25-27-29-31-33-35-37-51-38-41(39-52-55(49,50)53-40-42(45)44(47)48)54-43(46)36-34-32-30-28-26-14-12-10-8-6-4-2/h5,7,10-13,16-17,19-20,22-23,41-42H,3-4,6,8-9,14-15,18,21,24-40,45H2,1-2H3,(H,47,48)(H,49,50)/b7-5-,12-10-,13-11-,17-16-,20-19-,23-22-. The smallest absolute Gasteiger partial charge is 0.472 e. The third-order valence-corrected chi connectivity index (χ3v) is 9.42. The molecule has 4 N–H and O–H groups in total. The maximum absolute atomic E-state index is 12.6. The first-order valence-electron chi connectivity index (χ1n) is 21.0. The third kappa shape index (κ3) is 39.4. The molecule has 0 bridgehead atoms. The fraction of sp³-hybridized carbons (Fsp3) is 0.682. The van der Waals surface area contributed by atoms with Crippen LogP contribution in [0, 0.1) is 0 Å².